The van der Waals surface area contributed by atoms with Crippen molar-refractivity contribution in [3.8, 4) is 5.75 Å². The zero-order valence-corrected chi connectivity index (χ0v) is 16.3. The first-order valence-electron chi connectivity index (χ1n) is 8.57. The van der Waals surface area contributed by atoms with Gasteiger partial charge in [0.15, 0.2) is 4.80 Å². The largest absolute Gasteiger partial charge is 0.497 e. The first-order chi connectivity index (χ1) is 12.5. The second kappa shape index (κ2) is 7.74. The monoisotopic (exact) mass is 369 g/mol. The van der Waals surface area contributed by atoms with Gasteiger partial charge in [0.25, 0.3) is 5.91 Å². The molecule has 0 aliphatic rings. The number of amides is 1. The van der Waals surface area contributed by atoms with Gasteiger partial charge in [-0.3, -0.25) is 4.79 Å². The van der Waals surface area contributed by atoms with Crippen molar-refractivity contribution >= 4 is 33.1 Å². The summed E-state index contributed by atoms with van der Waals surface area (Å²) in [5, 5.41) is 0. The Hall–Kier alpha value is -2.60. The number of ether oxygens (including phenoxy) is 1. The molecule has 0 aliphatic carbocycles. The summed E-state index contributed by atoms with van der Waals surface area (Å²) >= 11 is 1.53. The lowest BCUT2D eigenvalue weighted by Crippen LogP contribution is -2.17. The third-order valence-electron chi connectivity index (χ3n) is 4.16. The first kappa shape index (κ1) is 18.2. The SMILES string of the molecule is CCCn1c(=NC(=O)c2ccc(N(C)C)cc2)sc2ccc(OC)cc21. The maximum atomic E-state index is 12.6. The number of benzene rings is 2. The number of carbonyl (C=O) groups is 1. The summed E-state index contributed by atoms with van der Waals surface area (Å²) in [6.07, 6.45) is 0.960. The number of hydrogen-bond acceptors (Lipinski definition) is 4. The molecule has 1 amide bonds. The van der Waals surface area contributed by atoms with Gasteiger partial charge < -0.3 is 14.2 Å². The number of carbonyl (C=O) groups excluding carboxylic acids is 1. The fraction of sp³-hybridized carbons (Fsp3) is 0.300. The fourth-order valence-corrected chi connectivity index (χ4v) is 3.79. The summed E-state index contributed by atoms with van der Waals surface area (Å²) in [7, 11) is 5.60. The van der Waals surface area contributed by atoms with Crippen LogP contribution in [0.15, 0.2) is 47.5 Å². The van der Waals surface area contributed by atoms with E-state index in [1.807, 2.05) is 61.5 Å². The van der Waals surface area contributed by atoms with Gasteiger partial charge in [0.05, 0.1) is 17.3 Å². The van der Waals surface area contributed by atoms with Gasteiger partial charge in [0.1, 0.15) is 5.75 Å². The number of nitrogens with zero attached hydrogens (tertiary/aromatic N) is 3. The second-order valence-corrected chi connectivity index (χ2v) is 7.24. The van der Waals surface area contributed by atoms with Crippen LogP contribution < -0.4 is 14.4 Å². The Morgan fingerprint density at radius 1 is 1.19 bits per heavy atom. The standard InChI is InChI=1S/C20H23N3O2S/c1-5-12-23-17-13-16(25-4)10-11-18(17)26-20(23)21-19(24)14-6-8-15(9-7-14)22(2)3/h6-11,13H,5,12H2,1-4H3. The molecule has 5 nitrogen and oxygen atoms in total. The van der Waals surface area contributed by atoms with E-state index in [9.17, 15) is 4.79 Å². The highest BCUT2D eigenvalue weighted by atomic mass is 32.1. The normalized spacial score (nSPS) is 11.8. The predicted molar refractivity (Wildman–Crippen MR) is 107 cm³/mol. The van der Waals surface area contributed by atoms with Crippen molar-refractivity contribution in [2.45, 2.75) is 19.9 Å². The molecule has 1 heterocycles. The molecule has 26 heavy (non-hydrogen) atoms. The van der Waals surface area contributed by atoms with Crippen molar-refractivity contribution in [1.29, 1.82) is 0 Å². The maximum Gasteiger partial charge on any atom is 0.279 e. The molecule has 0 unspecified atom stereocenters. The van der Waals surface area contributed by atoms with E-state index in [-0.39, 0.29) is 5.91 Å². The third kappa shape index (κ3) is 3.65. The number of anilines is 1. The Bertz CT molecular complexity index is 984. The number of thiazole rings is 1. The number of hydrogen-bond donors (Lipinski definition) is 0. The predicted octanol–water partition coefficient (Wildman–Crippen LogP) is 3.93. The summed E-state index contributed by atoms with van der Waals surface area (Å²) in [4.78, 5) is 19.8. The number of methoxy groups -OCH3 is 1. The number of aromatic nitrogens is 1. The van der Waals surface area contributed by atoms with Crippen molar-refractivity contribution in [3.63, 3.8) is 0 Å². The highest BCUT2D eigenvalue weighted by Crippen LogP contribution is 2.23. The molecular weight excluding hydrogens is 346 g/mol. The molecule has 0 saturated carbocycles. The molecule has 2 aromatic carbocycles. The minimum Gasteiger partial charge on any atom is -0.497 e. The molecule has 0 N–H and O–H groups in total. The van der Waals surface area contributed by atoms with Crippen LogP contribution in [0, 0.1) is 0 Å². The van der Waals surface area contributed by atoms with Crippen LogP contribution in [0.4, 0.5) is 5.69 Å². The van der Waals surface area contributed by atoms with E-state index < -0.39 is 0 Å². The average molecular weight is 369 g/mol. The Morgan fingerprint density at radius 2 is 1.92 bits per heavy atom. The second-order valence-electron chi connectivity index (χ2n) is 6.23. The molecule has 0 atom stereocenters. The highest BCUT2D eigenvalue weighted by molar-refractivity contribution is 7.16. The van der Waals surface area contributed by atoms with Gasteiger partial charge in [-0.15, -0.1) is 0 Å². The number of rotatable bonds is 5. The van der Waals surface area contributed by atoms with Gasteiger partial charge in [-0.1, -0.05) is 18.3 Å². The van der Waals surface area contributed by atoms with Crippen molar-refractivity contribution in [2.24, 2.45) is 4.99 Å². The van der Waals surface area contributed by atoms with Crippen LogP contribution >= 0.6 is 11.3 Å². The van der Waals surface area contributed by atoms with Gasteiger partial charge in [-0.05, 0) is 42.8 Å². The maximum absolute atomic E-state index is 12.6. The van der Waals surface area contributed by atoms with E-state index in [1.54, 1.807) is 7.11 Å². The zero-order valence-electron chi connectivity index (χ0n) is 15.5. The molecule has 0 aliphatic heterocycles. The summed E-state index contributed by atoms with van der Waals surface area (Å²) in [6.45, 7) is 2.92. The molecule has 6 heteroatoms. The Morgan fingerprint density at radius 3 is 2.54 bits per heavy atom. The molecule has 0 bridgehead atoms. The Kier molecular flexibility index (Phi) is 5.42. The molecule has 3 rings (SSSR count). The van der Waals surface area contributed by atoms with Crippen molar-refractivity contribution in [3.05, 3.63) is 52.8 Å². The van der Waals surface area contributed by atoms with Crippen LogP contribution in [-0.4, -0.2) is 31.7 Å². The molecule has 136 valence electrons. The zero-order chi connectivity index (χ0) is 18.7. The molecule has 0 spiro atoms. The van der Waals surface area contributed by atoms with Crippen molar-refractivity contribution in [2.75, 3.05) is 26.1 Å². The van der Waals surface area contributed by atoms with Crippen LogP contribution in [0.5, 0.6) is 5.75 Å². The van der Waals surface area contributed by atoms with Gasteiger partial charge >= 0.3 is 0 Å². The summed E-state index contributed by atoms with van der Waals surface area (Å²) in [5.74, 6) is 0.580. The quantitative estimate of drug-likeness (QED) is 0.685. The summed E-state index contributed by atoms with van der Waals surface area (Å²) in [6, 6.07) is 13.4. The van der Waals surface area contributed by atoms with Crippen molar-refractivity contribution < 1.29 is 9.53 Å². The smallest absolute Gasteiger partial charge is 0.279 e. The lowest BCUT2D eigenvalue weighted by Gasteiger charge is -2.11. The van der Waals surface area contributed by atoms with E-state index in [0.717, 1.165) is 39.4 Å². The topological polar surface area (TPSA) is 46.8 Å². The Balaban J connectivity index is 2.05. The van der Waals surface area contributed by atoms with Crippen LogP contribution in [0.1, 0.15) is 23.7 Å². The lowest BCUT2D eigenvalue weighted by atomic mass is 10.2. The van der Waals surface area contributed by atoms with Crippen LogP contribution in [0.3, 0.4) is 0 Å². The van der Waals surface area contributed by atoms with E-state index in [0.29, 0.717) is 5.56 Å². The number of aryl methyl sites for hydroxylation is 1. The van der Waals surface area contributed by atoms with E-state index in [1.165, 1.54) is 11.3 Å². The minimum atomic E-state index is -0.223. The molecular formula is C20H23N3O2S. The average Bonchev–Trinajstić information content (AvgIpc) is 2.98. The molecule has 0 fully saturated rings. The van der Waals surface area contributed by atoms with Gasteiger partial charge in [0, 0.05) is 38.0 Å². The first-order valence-corrected chi connectivity index (χ1v) is 9.39. The molecule has 3 aromatic rings. The lowest BCUT2D eigenvalue weighted by molar-refractivity contribution is 0.0998. The van der Waals surface area contributed by atoms with Crippen molar-refractivity contribution in [1.82, 2.24) is 4.57 Å². The Labute approximate surface area is 157 Å². The van der Waals surface area contributed by atoms with Gasteiger partial charge in [-0.25, -0.2) is 0 Å². The molecule has 0 radical (unpaired) electrons. The van der Waals surface area contributed by atoms with Crippen LogP contribution in [0.2, 0.25) is 0 Å². The van der Waals surface area contributed by atoms with E-state index in [2.05, 4.69) is 16.5 Å². The van der Waals surface area contributed by atoms with Gasteiger partial charge in [-0.2, -0.15) is 4.99 Å². The highest BCUT2D eigenvalue weighted by Gasteiger charge is 2.10. The van der Waals surface area contributed by atoms with Crippen LogP contribution in [-0.2, 0) is 6.54 Å². The fourth-order valence-electron chi connectivity index (χ4n) is 2.75. The molecule has 1 aromatic heterocycles. The number of fused-ring (bicyclic) bond motifs is 1. The summed E-state index contributed by atoms with van der Waals surface area (Å²) in [5.41, 5.74) is 2.69. The van der Waals surface area contributed by atoms with E-state index >= 15 is 0 Å². The third-order valence-corrected chi connectivity index (χ3v) is 5.22. The van der Waals surface area contributed by atoms with Gasteiger partial charge in [0.2, 0.25) is 0 Å². The van der Waals surface area contributed by atoms with Crippen LogP contribution in [0.25, 0.3) is 10.2 Å². The molecule has 0 saturated heterocycles. The van der Waals surface area contributed by atoms with E-state index in [4.69, 9.17) is 4.74 Å². The minimum absolute atomic E-state index is 0.223. The summed E-state index contributed by atoms with van der Waals surface area (Å²) < 4.78 is 8.52.